The van der Waals surface area contributed by atoms with Crippen LogP contribution in [0.4, 0.5) is 10.2 Å². The smallest absolute Gasteiger partial charge is 0.264 e. The molecule has 0 saturated carbocycles. The summed E-state index contributed by atoms with van der Waals surface area (Å²) in [6, 6.07) is 17.5. The highest BCUT2D eigenvalue weighted by atomic mass is 19.1. The molecule has 8 heteroatoms. The first-order valence-electron chi connectivity index (χ1n) is 10.7. The second-order valence-electron chi connectivity index (χ2n) is 7.92. The molecular formula is C24H23FN4O3. The van der Waals surface area contributed by atoms with Gasteiger partial charge in [-0.3, -0.25) is 4.79 Å². The van der Waals surface area contributed by atoms with E-state index in [1.807, 2.05) is 30.3 Å². The normalized spacial score (nSPS) is 18.3. The minimum atomic E-state index is -0.649. The van der Waals surface area contributed by atoms with E-state index in [0.29, 0.717) is 22.8 Å². The molecule has 1 aromatic heterocycles. The maximum atomic E-state index is 13.4. The lowest BCUT2D eigenvalue weighted by Gasteiger charge is -2.34. The van der Waals surface area contributed by atoms with Gasteiger partial charge in [0.1, 0.15) is 12.4 Å². The molecule has 0 aliphatic carbocycles. The summed E-state index contributed by atoms with van der Waals surface area (Å²) in [5.74, 6) is 1.57. The zero-order valence-electron chi connectivity index (χ0n) is 17.4. The van der Waals surface area contributed by atoms with Crippen molar-refractivity contribution in [2.75, 3.05) is 24.6 Å². The number of benzene rings is 2. The van der Waals surface area contributed by atoms with Gasteiger partial charge in [-0.2, -0.15) is 0 Å². The third-order valence-electron chi connectivity index (χ3n) is 5.74. The lowest BCUT2D eigenvalue weighted by molar-refractivity contribution is -0.131. The summed E-state index contributed by atoms with van der Waals surface area (Å²) >= 11 is 0. The maximum absolute atomic E-state index is 13.4. The highest BCUT2D eigenvalue weighted by molar-refractivity contribution is 5.82. The van der Waals surface area contributed by atoms with Crippen LogP contribution >= 0.6 is 0 Å². The minimum Gasteiger partial charge on any atom is -0.485 e. The molecule has 2 aliphatic heterocycles. The quantitative estimate of drug-likeness (QED) is 0.680. The SMILES string of the molecule is O=C(NC1CCN(c2ccc(-c3cccc(F)c3)nn2)CC1)[C@@H]1COc2ccccc2O1. The number of ether oxygens (including phenoxy) is 2. The van der Waals surface area contributed by atoms with Crippen molar-refractivity contribution < 1.29 is 18.7 Å². The van der Waals surface area contributed by atoms with E-state index in [2.05, 4.69) is 20.4 Å². The number of carbonyl (C=O) groups excluding carboxylic acids is 1. The number of piperidine rings is 1. The van der Waals surface area contributed by atoms with Crippen LogP contribution < -0.4 is 19.7 Å². The van der Waals surface area contributed by atoms with Crippen LogP contribution in [-0.4, -0.2) is 47.9 Å². The standard InChI is InChI=1S/C24H23FN4O3/c25-17-5-3-4-16(14-17)19-8-9-23(28-27-19)29-12-10-18(11-13-29)26-24(30)22-15-31-20-6-1-2-7-21(20)32-22/h1-9,14,18,22H,10-13,15H2,(H,26,30)/t22-/m0/s1. The van der Waals surface area contributed by atoms with E-state index in [1.54, 1.807) is 18.2 Å². The third-order valence-corrected chi connectivity index (χ3v) is 5.74. The number of carbonyl (C=O) groups is 1. The fraction of sp³-hybridized carbons (Fsp3) is 0.292. The van der Waals surface area contributed by atoms with Crippen LogP contribution in [-0.2, 0) is 4.79 Å². The molecule has 7 nitrogen and oxygen atoms in total. The molecule has 0 radical (unpaired) electrons. The number of aromatic nitrogens is 2. The monoisotopic (exact) mass is 434 g/mol. The summed E-state index contributed by atoms with van der Waals surface area (Å²) in [5.41, 5.74) is 1.33. The highest BCUT2D eigenvalue weighted by Gasteiger charge is 2.30. The van der Waals surface area contributed by atoms with E-state index in [9.17, 15) is 9.18 Å². The molecule has 5 rings (SSSR count). The first kappa shape index (κ1) is 20.2. The zero-order valence-corrected chi connectivity index (χ0v) is 17.4. The summed E-state index contributed by atoms with van der Waals surface area (Å²) in [6.45, 7) is 1.71. The van der Waals surface area contributed by atoms with Crippen molar-refractivity contribution in [2.45, 2.75) is 25.0 Å². The van der Waals surface area contributed by atoms with Crippen molar-refractivity contribution in [3.8, 4) is 22.8 Å². The fourth-order valence-electron chi connectivity index (χ4n) is 3.99. The Balaban J connectivity index is 1.14. The average Bonchev–Trinajstić information content (AvgIpc) is 2.84. The van der Waals surface area contributed by atoms with Crippen molar-refractivity contribution in [2.24, 2.45) is 0 Å². The van der Waals surface area contributed by atoms with E-state index < -0.39 is 6.10 Å². The Hall–Kier alpha value is -3.68. The van der Waals surface area contributed by atoms with E-state index in [1.165, 1.54) is 12.1 Å². The van der Waals surface area contributed by atoms with Crippen molar-refractivity contribution >= 4 is 11.7 Å². The predicted molar refractivity (Wildman–Crippen MR) is 117 cm³/mol. The Morgan fingerprint density at radius 3 is 2.56 bits per heavy atom. The molecule has 3 aromatic rings. The van der Waals surface area contributed by atoms with Crippen LogP contribution in [0.15, 0.2) is 60.7 Å². The van der Waals surface area contributed by atoms with Crippen molar-refractivity contribution in [1.82, 2.24) is 15.5 Å². The summed E-state index contributed by atoms with van der Waals surface area (Å²) < 4.78 is 24.9. The molecule has 1 fully saturated rings. The van der Waals surface area contributed by atoms with Crippen LogP contribution in [0.2, 0.25) is 0 Å². The van der Waals surface area contributed by atoms with Gasteiger partial charge in [0.2, 0.25) is 6.10 Å². The summed E-state index contributed by atoms with van der Waals surface area (Å²) in [6.07, 6.45) is 0.941. The number of hydrogen-bond acceptors (Lipinski definition) is 6. The molecule has 3 heterocycles. The second kappa shape index (κ2) is 8.82. The lowest BCUT2D eigenvalue weighted by atomic mass is 10.0. The van der Waals surface area contributed by atoms with Crippen molar-refractivity contribution in [1.29, 1.82) is 0 Å². The average molecular weight is 434 g/mol. The summed E-state index contributed by atoms with van der Waals surface area (Å²) in [4.78, 5) is 14.8. The van der Waals surface area contributed by atoms with E-state index in [-0.39, 0.29) is 24.4 Å². The molecule has 1 amide bonds. The second-order valence-corrected chi connectivity index (χ2v) is 7.92. The molecule has 2 aromatic carbocycles. The first-order valence-corrected chi connectivity index (χ1v) is 10.7. The number of amides is 1. The highest BCUT2D eigenvalue weighted by Crippen LogP contribution is 2.31. The van der Waals surface area contributed by atoms with Crippen LogP contribution in [0.25, 0.3) is 11.3 Å². The summed E-state index contributed by atoms with van der Waals surface area (Å²) in [5, 5.41) is 11.7. The Morgan fingerprint density at radius 2 is 1.81 bits per heavy atom. The molecule has 1 saturated heterocycles. The van der Waals surface area contributed by atoms with Gasteiger partial charge in [-0.1, -0.05) is 24.3 Å². The number of nitrogens with zero attached hydrogens (tertiary/aromatic N) is 3. The Kier molecular flexibility index (Phi) is 5.58. The molecule has 2 aliphatic rings. The number of rotatable bonds is 4. The van der Waals surface area contributed by atoms with Crippen LogP contribution in [0, 0.1) is 5.82 Å². The van der Waals surface area contributed by atoms with Crippen LogP contribution in [0.5, 0.6) is 11.5 Å². The molecule has 1 N–H and O–H groups in total. The Labute approximate surface area is 185 Å². The van der Waals surface area contributed by atoms with Crippen LogP contribution in [0.1, 0.15) is 12.8 Å². The largest absolute Gasteiger partial charge is 0.485 e. The van der Waals surface area contributed by atoms with Crippen LogP contribution in [0.3, 0.4) is 0 Å². The van der Waals surface area contributed by atoms with Gasteiger partial charge in [0.15, 0.2) is 17.3 Å². The van der Waals surface area contributed by atoms with Gasteiger partial charge in [0.25, 0.3) is 5.91 Å². The van der Waals surface area contributed by atoms with Crippen molar-refractivity contribution in [3.05, 3.63) is 66.5 Å². The van der Waals surface area contributed by atoms with E-state index >= 15 is 0 Å². The van der Waals surface area contributed by atoms with Crippen molar-refractivity contribution in [3.63, 3.8) is 0 Å². The van der Waals surface area contributed by atoms with E-state index in [0.717, 1.165) is 31.7 Å². The first-order chi connectivity index (χ1) is 15.7. The van der Waals surface area contributed by atoms with Gasteiger partial charge in [-0.05, 0) is 49.2 Å². The molecule has 0 unspecified atom stereocenters. The Bertz CT molecular complexity index is 1100. The Morgan fingerprint density at radius 1 is 1.00 bits per heavy atom. The van der Waals surface area contributed by atoms with Gasteiger partial charge in [-0.25, -0.2) is 4.39 Å². The lowest BCUT2D eigenvalue weighted by Crippen LogP contribution is -2.51. The molecule has 0 bridgehead atoms. The number of halogens is 1. The van der Waals surface area contributed by atoms with E-state index in [4.69, 9.17) is 9.47 Å². The predicted octanol–water partition coefficient (Wildman–Crippen LogP) is 3.21. The molecular weight excluding hydrogens is 411 g/mol. The summed E-state index contributed by atoms with van der Waals surface area (Å²) in [7, 11) is 0. The molecule has 0 spiro atoms. The van der Waals surface area contributed by atoms with Gasteiger partial charge < -0.3 is 19.7 Å². The minimum absolute atomic E-state index is 0.0686. The molecule has 1 atom stereocenters. The fourth-order valence-corrected chi connectivity index (χ4v) is 3.99. The van der Waals surface area contributed by atoms with Gasteiger partial charge in [0, 0.05) is 24.7 Å². The number of para-hydroxylation sites is 2. The number of fused-ring (bicyclic) bond motifs is 1. The zero-order chi connectivity index (χ0) is 21.9. The number of anilines is 1. The third kappa shape index (κ3) is 4.34. The van der Waals surface area contributed by atoms with Gasteiger partial charge >= 0.3 is 0 Å². The van der Waals surface area contributed by atoms with Gasteiger partial charge in [0.05, 0.1) is 5.69 Å². The van der Waals surface area contributed by atoms with Gasteiger partial charge in [-0.15, -0.1) is 10.2 Å². The maximum Gasteiger partial charge on any atom is 0.264 e. The molecule has 164 valence electrons. The number of nitrogens with one attached hydrogen (secondary N) is 1. The molecule has 32 heavy (non-hydrogen) atoms. The number of hydrogen-bond donors (Lipinski definition) is 1. The topological polar surface area (TPSA) is 76.6 Å².